The summed E-state index contributed by atoms with van der Waals surface area (Å²) in [5, 5.41) is 4.02. The number of rotatable bonds is 4. The third kappa shape index (κ3) is 3.75. The van der Waals surface area contributed by atoms with E-state index >= 15 is 0 Å². The predicted molar refractivity (Wildman–Crippen MR) is 91.2 cm³/mol. The number of benzene rings is 1. The van der Waals surface area contributed by atoms with Gasteiger partial charge in [0, 0.05) is 29.6 Å². The van der Waals surface area contributed by atoms with Crippen molar-refractivity contribution >= 4 is 26.6 Å². The number of fused-ring (bicyclic) bond motifs is 1. The van der Waals surface area contributed by atoms with E-state index < -0.39 is 9.84 Å². The molecule has 23 heavy (non-hydrogen) atoms. The first kappa shape index (κ1) is 16.1. The predicted octanol–water partition coefficient (Wildman–Crippen LogP) is 2.10. The molecule has 1 saturated heterocycles. The number of carbonyl (C=O) groups is 1. The zero-order valence-corrected chi connectivity index (χ0v) is 14.1. The zero-order valence-electron chi connectivity index (χ0n) is 13.3. The van der Waals surface area contributed by atoms with Crippen LogP contribution in [-0.2, 0) is 21.1 Å². The number of sulfone groups is 1. The number of amides is 1. The third-order valence-electron chi connectivity index (χ3n) is 4.46. The Balaban J connectivity index is 1.59. The standard InChI is InChI=1S/C17H22N2O3S/c1-12-4-2-6-15-13(10-18-17(12)15)7-8-16(20)19-14-5-3-9-23(21,22)11-14/h2,4,6,10,14,18H,3,5,7-9,11H2,1H3,(H,19,20)/t14-/m0/s1. The number of nitrogens with one attached hydrogen (secondary N) is 2. The molecule has 5 nitrogen and oxygen atoms in total. The van der Waals surface area contributed by atoms with Crippen molar-refractivity contribution in [1.82, 2.24) is 10.3 Å². The number of aryl methyl sites for hydroxylation is 2. The number of hydrogen-bond acceptors (Lipinski definition) is 3. The first-order valence-electron chi connectivity index (χ1n) is 8.00. The van der Waals surface area contributed by atoms with Crippen molar-refractivity contribution in [2.24, 2.45) is 0 Å². The minimum Gasteiger partial charge on any atom is -0.361 e. The average molecular weight is 334 g/mol. The van der Waals surface area contributed by atoms with Gasteiger partial charge in [0.2, 0.25) is 5.91 Å². The van der Waals surface area contributed by atoms with Crippen LogP contribution in [0.3, 0.4) is 0 Å². The van der Waals surface area contributed by atoms with E-state index in [0.717, 1.165) is 22.9 Å². The maximum atomic E-state index is 12.1. The van der Waals surface area contributed by atoms with E-state index in [9.17, 15) is 13.2 Å². The van der Waals surface area contributed by atoms with Crippen LogP contribution in [0.5, 0.6) is 0 Å². The van der Waals surface area contributed by atoms with Gasteiger partial charge in [0.25, 0.3) is 0 Å². The molecule has 2 N–H and O–H groups in total. The van der Waals surface area contributed by atoms with Crippen LogP contribution in [-0.4, -0.2) is 36.9 Å². The quantitative estimate of drug-likeness (QED) is 0.899. The van der Waals surface area contributed by atoms with Crippen LogP contribution in [0.25, 0.3) is 10.9 Å². The highest BCUT2D eigenvalue weighted by Gasteiger charge is 2.25. The molecule has 0 saturated carbocycles. The van der Waals surface area contributed by atoms with Crippen LogP contribution in [0.1, 0.15) is 30.4 Å². The van der Waals surface area contributed by atoms with Gasteiger partial charge >= 0.3 is 0 Å². The van der Waals surface area contributed by atoms with Crippen molar-refractivity contribution in [3.8, 4) is 0 Å². The fourth-order valence-corrected chi connectivity index (χ4v) is 4.89. The first-order valence-corrected chi connectivity index (χ1v) is 9.82. The second kappa shape index (κ2) is 6.35. The van der Waals surface area contributed by atoms with Crippen LogP contribution in [0, 0.1) is 6.92 Å². The molecule has 3 rings (SSSR count). The Kier molecular flexibility index (Phi) is 4.43. The number of hydrogen-bond donors (Lipinski definition) is 2. The maximum Gasteiger partial charge on any atom is 0.220 e. The zero-order chi connectivity index (χ0) is 16.4. The fourth-order valence-electron chi connectivity index (χ4n) is 3.26. The van der Waals surface area contributed by atoms with Gasteiger partial charge in [-0.15, -0.1) is 0 Å². The Morgan fingerprint density at radius 2 is 2.22 bits per heavy atom. The lowest BCUT2D eigenvalue weighted by atomic mass is 10.1. The summed E-state index contributed by atoms with van der Waals surface area (Å²) in [5.74, 6) is 0.244. The molecule has 2 aromatic rings. The molecule has 6 heteroatoms. The van der Waals surface area contributed by atoms with Crippen molar-refractivity contribution in [2.45, 2.75) is 38.6 Å². The molecule has 1 aromatic carbocycles. The van der Waals surface area contributed by atoms with Gasteiger partial charge in [-0.1, -0.05) is 18.2 Å². The summed E-state index contributed by atoms with van der Waals surface area (Å²) >= 11 is 0. The van der Waals surface area contributed by atoms with Crippen molar-refractivity contribution in [1.29, 1.82) is 0 Å². The Morgan fingerprint density at radius 1 is 1.39 bits per heavy atom. The molecular formula is C17H22N2O3S. The Labute approximate surface area is 136 Å². The summed E-state index contributed by atoms with van der Waals surface area (Å²) in [4.78, 5) is 15.4. The Bertz CT molecular complexity index is 823. The molecule has 2 heterocycles. The van der Waals surface area contributed by atoms with E-state index in [1.165, 1.54) is 5.56 Å². The molecule has 0 aliphatic carbocycles. The average Bonchev–Trinajstić information content (AvgIpc) is 2.89. The molecule has 1 aromatic heterocycles. The molecule has 1 atom stereocenters. The van der Waals surface area contributed by atoms with Crippen LogP contribution < -0.4 is 5.32 Å². The molecule has 0 bridgehead atoms. The summed E-state index contributed by atoms with van der Waals surface area (Å²) in [7, 11) is -2.99. The van der Waals surface area contributed by atoms with Crippen molar-refractivity contribution in [3.63, 3.8) is 0 Å². The molecule has 0 unspecified atom stereocenters. The maximum absolute atomic E-state index is 12.1. The molecule has 1 aliphatic heterocycles. The van der Waals surface area contributed by atoms with Crippen LogP contribution >= 0.6 is 0 Å². The largest absolute Gasteiger partial charge is 0.361 e. The highest BCUT2D eigenvalue weighted by atomic mass is 32.2. The Morgan fingerprint density at radius 3 is 3.00 bits per heavy atom. The number of para-hydroxylation sites is 1. The highest BCUT2D eigenvalue weighted by molar-refractivity contribution is 7.91. The van der Waals surface area contributed by atoms with Crippen LogP contribution in [0.15, 0.2) is 24.4 Å². The summed E-state index contributed by atoms with van der Waals surface area (Å²) in [6.45, 7) is 2.05. The fraction of sp³-hybridized carbons (Fsp3) is 0.471. The lowest BCUT2D eigenvalue weighted by Crippen LogP contribution is -2.43. The molecule has 1 amide bonds. The second-order valence-electron chi connectivity index (χ2n) is 6.33. The molecule has 0 radical (unpaired) electrons. The van der Waals surface area contributed by atoms with Crippen molar-refractivity contribution < 1.29 is 13.2 Å². The van der Waals surface area contributed by atoms with E-state index in [1.54, 1.807) is 0 Å². The lowest BCUT2D eigenvalue weighted by molar-refractivity contribution is -0.121. The van der Waals surface area contributed by atoms with E-state index in [0.29, 0.717) is 19.3 Å². The summed E-state index contributed by atoms with van der Waals surface area (Å²) in [6.07, 6.45) is 4.36. The number of H-pyrrole nitrogens is 1. The van der Waals surface area contributed by atoms with Crippen molar-refractivity contribution in [3.05, 3.63) is 35.5 Å². The van der Waals surface area contributed by atoms with Gasteiger partial charge in [-0.3, -0.25) is 4.79 Å². The van der Waals surface area contributed by atoms with Gasteiger partial charge in [-0.2, -0.15) is 0 Å². The molecule has 0 spiro atoms. The SMILES string of the molecule is Cc1cccc2c(CCC(=O)N[C@H]3CCCS(=O)(=O)C3)c[nH]c12. The third-order valence-corrected chi connectivity index (χ3v) is 6.28. The van der Waals surface area contributed by atoms with Gasteiger partial charge in [0.05, 0.1) is 11.5 Å². The number of carbonyl (C=O) groups excluding carboxylic acids is 1. The van der Waals surface area contributed by atoms with Gasteiger partial charge < -0.3 is 10.3 Å². The van der Waals surface area contributed by atoms with Crippen LogP contribution in [0.2, 0.25) is 0 Å². The normalized spacial score (nSPS) is 20.5. The first-order chi connectivity index (χ1) is 10.9. The molecule has 124 valence electrons. The van der Waals surface area contributed by atoms with Crippen molar-refractivity contribution in [2.75, 3.05) is 11.5 Å². The highest BCUT2D eigenvalue weighted by Crippen LogP contribution is 2.22. The van der Waals surface area contributed by atoms with Crippen LogP contribution in [0.4, 0.5) is 0 Å². The number of aromatic nitrogens is 1. The minimum atomic E-state index is -2.99. The number of aromatic amines is 1. The van der Waals surface area contributed by atoms with E-state index in [2.05, 4.69) is 29.4 Å². The van der Waals surface area contributed by atoms with Gasteiger partial charge in [0.1, 0.15) is 0 Å². The lowest BCUT2D eigenvalue weighted by Gasteiger charge is -2.22. The summed E-state index contributed by atoms with van der Waals surface area (Å²) in [6, 6.07) is 5.90. The van der Waals surface area contributed by atoms with Gasteiger partial charge in [-0.05, 0) is 37.3 Å². The van der Waals surface area contributed by atoms with E-state index in [1.807, 2.05) is 12.3 Å². The van der Waals surface area contributed by atoms with Gasteiger partial charge in [0.15, 0.2) is 9.84 Å². The van der Waals surface area contributed by atoms with Gasteiger partial charge in [-0.25, -0.2) is 8.42 Å². The van der Waals surface area contributed by atoms with E-state index in [-0.39, 0.29) is 23.5 Å². The molecular weight excluding hydrogens is 312 g/mol. The molecule has 1 aliphatic rings. The Hall–Kier alpha value is -1.82. The summed E-state index contributed by atoms with van der Waals surface area (Å²) in [5.41, 5.74) is 3.42. The van der Waals surface area contributed by atoms with E-state index in [4.69, 9.17) is 0 Å². The minimum absolute atomic E-state index is 0.0744. The molecule has 1 fully saturated rings. The topological polar surface area (TPSA) is 79.0 Å². The smallest absolute Gasteiger partial charge is 0.220 e. The monoisotopic (exact) mass is 334 g/mol. The summed E-state index contributed by atoms with van der Waals surface area (Å²) < 4.78 is 23.2. The second-order valence-corrected chi connectivity index (χ2v) is 8.56.